The molecule has 2 amide bonds. The number of aromatic amines is 1. The minimum atomic E-state index is -1.75. The number of unbranched alkanes of at least 4 members (excludes halogenated alkanes) is 2. The van der Waals surface area contributed by atoms with Crippen molar-refractivity contribution >= 4 is 29.3 Å². The van der Waals surface area contributed by atoms with Crippen molar-refractivity contribution in [3.63, 3.8) is 0 Å². The summed E-state index contributed by atoms with van der Waals surface area (Å²) in [4.78, 5) is 51.7. The van der Waals surface area contributed by atoms with Gasteiger partial charge in [-0.05, 0) is 18.1 Å². The number of para-hydroxylation sites is 1. The number of aromatic nitrogens is 2. The van der Waals surface area contributed by atoms with Crippen molar-refractivity contribution in [2.45, 2.75) is 31.6 Å². The Bertz CT molecular complexity index is 1240. The quantitative estimate of drug-likeness (QED) is 0.644. The van der Waals surface area contributed by atoms with E-state index in [0.717, 1.165) is 19.3 Å². The van der Waals surface area contributed by atoms with Crippen LogP contribution in [0.15, 0.2) is 29.1 Å². The Hall–Kier alpha value is -3.71. The number of rotatable bonds is 5. The molecule has 0 bridgehead atoms. The Morgan fingerprint density at radius 2 is 1.97 bits per heavy atom. The lowest BCUT2D eigenvalue weighted by Crippen LogP contribution is -2.56. The van der Waals surface area contributed by atoms with Crippen molar-refractivity contribution in [3.05, 3.63) is 45.7 Å². The number of nitriles is 1. The minimum Gasteiger partial charge on any atom is -0.378 e. The number of nitrogens with zero attached hydrogens (tertiary/aromatic N) is 4. The second-order valence-corrected chi connectivity index (χ2v) is 8.75. The van der Waals surface area contributed by atoms with Crippen molar-refractivity contribution in [2.24, 2.45) is 5.92 Å². The predicted octanol–water partition coefficient (Wildman–Crippen LogP) is 1.52. The molecule has 1 aromatic heterocycles. The molecule has 1 spiro atoms. The first kappa shape index (κ1) is 22.1. The maximum Gasteiger partial charge on any atom is 0.259 e. The number of hydrogen-bond acceptors (Lipinski definition) is 7. The van der Waals surface area contributed by atoms with E-state index in [9.17, 15) is 19.6 Å². The third-order valence-electron chi connectivity index (χ3n) is 6.87. The van der Waals surface area contributed by atoms with Gasteiger partial charge in [0.2, 0.25) is 17.8 Å². The molecule has 2 atom stereocenters. The standard InChI is InChI=1S/C24H26N6O4/c1-2-3-6-9-30-17-8-5-4-7-15(17)24(22(30)33)16(14-25)20(31)26-19-18(24)21(32)28-23(27-19)29-10-12-34-13-11-29/h4-5,7-8,16H,2-3,6,9-13H2,1H3,(H2,26,27,28,31,32)/t16-,24-/m1/s1. The van der Waals surface area contributed by atoms with Gasteiger partial charge in [-0.1, -0.05) is 38.0 Å². The summed E-state index contributed by atoms with van der Waals surface area (Å²) in [5.41, 5.74) is -1.15. The van der Waals surface area contributed by atoms with Crippen LogP contribution >= 0.6 is 0 Å². The number of morpholine rings is 1. The van der Waals surface area contributed by atoms with Crippen LogP contribution in [0.3, 0.4) is 0 Å². The number of ether oxygens (including phenoxy) is 1. The lowest BCUT2D eigenvalue weighted by atomic mass is 9.65. The highest BCUT2D eigenvalue weighted by molar-refractivity contribution is 6.17. The van der Waals surface area contributed by atoms with Crippen LogP contribution in [-0.4, -0.2) is 54.6 Å². The molecule has 5 rings (SSSR count). The van der Waals surface area contributed by atoms with E-state index in [0.29, 0.717) is 50.0 Å². The summed E-state index contributed by atoms with van der Waals surface area (Å²) in [7, 11) is 0. The molecule has 0 unspecified atom stereocenters. The van der Waals surface area contributed by atoms with Crippen LogP contribution in [0.1, 0.15) is 37.3 Å². The molecule has 1 saturated heterocycles. The number of nitrogens with one attached hydrogen (secondary N) is 2. The summed E-state index contributed by atoms with van der Waals surface area (Å²) in [6, 6.07) is 9.13. The van der Waals surface area contributed by atoms with Gasteiger partial charge in [-0.15, -0.1) is 0 Å². The van der Waals surface area contributed by atoms with E-state index in [1.807, 2.05) is 17.0 Å². The van der Waals surface area contributed by atoms with Crippen LogP contribution in [0.25, 0.3) is 0 Å². The van der Waals surface area contributed by atoms with E-state index in [4.69, 9.17) is 4.74 Å². The third kappa shape index (κ3) is 3.11. The van der Waals surface area contributed by atoms with Gasteiger partial charge in [-0.2, -0.15) is 10.2 Å². The topological polar surface area (TPSA) is 131 Å². The number of fused-ring (bicyclic) bond motifs is 4. The van der Waals surface area contributed by atoms with Crippen molar-refractivity contribution in [1.82, 2.24) is 9.97 Å². The maximum absolute atomic E-state index is 14.1. The fraction of sp³-hybridized carbons (Fsp3) is 0.458. The summed E-state index contributed by atoms with van der Waals surface area (Å²) in [5.74, 6) is -2.14. The van der Waals surface area contributed by atoms with E-state index in [1.54, 1.807) is 23.1 Å². The molecule has 0 radical (unpaired) electrons. The largest absolute Gasteiger partial charge is 0.378 e. The van der Waals surface area contributed by atoms with E-state index < -0.39 is 28.7 Å². The van der Waals surface area contributed by atoms with Crippen molar-refractivity contribution in [1.29, 1.82) is 5.26 Å². The van der Waals surface area contributed by atoms with Crippen LogP contribution < -0.4 is 20.7 Å². The Balaban J connectivity index is 1.72. The molecule has 10 heteroatoms. The van der Waals surface area contributed by atoms with Crippen LogP contribution in [-0.2, 0) is 19.7 Å². The van der Waals surface area contributed by atoms with E-state index in [-0.39, 0.29) is 11.4 Å². The third-order valence-corrected chi connectivity index (χ3v) is 6.87. The SMILES string of the molecule is CCCCCN1C(=O)[C@@]2(c3ccccc31)c1c(nc(N3CCOCC3)[nH]c1=O)NC(=O)[C@H]2C#N. The van der Waals surface area contributed by atoms with Gasteiger partial charge in [0.25, 0.3) is 5.56 Å². The zero-order chi connectivity index (χ0) is 23.9. The normalized spacial score (nSPS) is 23.5. The monoisotopic (exact) mass is 462 g/mol. The molecular weight excluding hydrogens is 436 g/mol. The van der Waals surface area contributed by atoms with Gasteiger partial charge < -0.3 is 19.9 Å². The van der Waals surface area contributed by atoms with Crippen LogP contribution in [0.4, 0.5) is 17.5 Å². The summed E-state index contributed by atoms with van der Waals surface area (Å²) in [6.45, 7) is 4.57. The molecule has 2 aromatic rings. The van der Waals surface area contributed by atoms with Crippen LogP contribution in [0.2, 0.25) is 0 Å². The molecule has 3 aliphatic rings. The number of hydrogen-bond donors (Lipinski definition) is 2. The lowest BCUT2D eigenvalue weighted by molar-refractivity contribution is -0.129. The smallest absolute Gasteiger partial charge is 0.259 e. The molecule has 0 aliphatic carbocycles. The van der Waals surface area contributed by atoms with Crippen molar-refractivity contribution in [3.8, 4) is 6.07 Å². The fourth-order valence-corrected chi connectivity index (χ4v) is 5.27. The Labute approximate surface area is 196 Å². The number of H-pyrrole nitrogens is 1. The highest BCUT2D eigenvalue weighted by Gasteiger charge is 2.63. The fourth-order valence-electron chi connectivity index (χ4n) is 5.27. The summed E-state index contributed by atoms with van der Waals surface area (Å²) in [6.07, 6.45) is 2.69. The summed E-state index contributed by atoms with van der Waals surface area (Å²) in [5, 5.41) is 12.7. The first-order valence-electron chi connectivity index (χ1n) is 11.6. The second-order valence-electron chi connectivity index (χ2n) is 8.75. The predicted molar refractivity (Wildman–Crippen MR) is 125 cm³/mol. The zero-order valence-corrected chi connectivity index (χ0v) is 19.0. The Morgan fingerprint density at radius 3 is 2.71 bits per heavy atom. The molecule has 2 N–H and O–H groups in total. The average Bonchev–Trinajstić information content (AvgIpc) is 3.08. The molecule has 3 aliphatic heterocycles. The zero-order valence-electron chi connectivity index (χ0n) is 19.0. The van der Waals surface area contributed by atoms with Gasteiger partial charge in [-0.3, -0.25) is 19.4 Å². The summed E-state index contributed by atoms with van der Waals surface area (Å²) < 4.78 is 5.37. The molecule has 4 heterocycles. The first-order valence-corrected chi connectivity index (χ1v) is 11.6. The van der Waals surface area contributed by atoms with E-state index >= 15 is 0 Å². The molecule has 0 saturated carbocycles. The highest BCUT2D eigenvalue weighted by Crippen LogP contribution is 2.53. The number of anilines is 3. The van der Waals surface area contributed by atoms with Crippen molar-refractivity contribution < 1.29 is 14.3 Å². The van der Waals surface area contributed by atoms with Gasteiger partial charge in [-0.25, -0.2) is 0 Å². The van der Waals surface area contributed by atoms with Gasteiger partial charge in [0.1, 0.15) is 17.2 Å². The number of carbonyl (C=O) groups excluding carboxylic acids is 2. The van der Waals surface area contributed by atoms with E-state index in [1.165, 1.54) is 0 Å². The maximum atomic E-state index is 14.1. The van der Waals surface area contributed by atoms with Crippen molar-refractivity contribution in [2.75, 3.05) is 48.0 Å². The number of benzene rings is 1. The summed E-state index contributed by atoms with van der Waals surface area (Å²) >= 11 is 0. The van der Waals surface area contributed by atoms with Gasteiger partial charge >= 0.3 is 0 Å². The number of carbonyl (C=O) groups is 2. The Morgan fingerprint density at radius 1 is 1.21 bits per heavy atom. The van der Waals surface area contributed by atoms with Gasteiger partial charge in [0, 0.05) is 25.3 Å². The molecular formula is C24H26N6O4. The minimum absolute atomic E-state index is 0.0195. The Kier molecular flexibility index (Phi) is 5.57. The first-order chi connectivity index (χ1) is 16.5. The van der Waals surface area contributed by atoms with Crippen LogP contribution in [0.5, 0.6) is 0 Å². The highest BCUT2D eigenvalue weighted by atomic mass is 16.5. The molecule has 10 nitrogen and oxygen atoms in total. The second kappa shape index (κ2) is 8.57. The van der Waals surface area contributed by atoms with E-state index in [2.05, 4.69) is 22.2 Å². The molecule has 34 heavy (non-hydrogen) atoms. The van der Waals surface area contributed by atoms with Gasteiger partial charge in [0.15, 0.2) is 0 Å². The van der Waals surface area contributed by atoms with Gasteiger partial charge in [0.05, 0.1) is 24.8 Å². The average molecular weight is 463 g/mol. The number of amides is 2. The van der Waals surface area contributed by atoms with Crippen LogP contribution in [0, 0.1) is 17.2 Å². The molecule has 1 fully saturated rings. The molecule has 1 aromatic carbocycles. The molecule has 176 valence electrons. The lowest BCUT2D eigenvalue weighted by Gasteiger charge is -2.37.